The zero-order chi connectivity index (χ0) is 50.2. The number of nitrogens with one attached hydrogen (secondary N) is 8. The van der Waals surface area contributed by atoms with E-state index in [1.165, 1.54) is 6.92 Å². The molecule has 0 aromatic heterocycles. The molecule has 10 N–H and O–H groups in total. The Balaban J connectivity index is 4.93. The minimum absolute atomic E-state index is 0.0304. The highest BCUT2D eigenvalue weighted by Crippen LogP contribution is 2.19. The van der Waals surface area contributed by atoms with Crippen molar-refractivity contribution in [1.82, 2.24) is 42.3 Å². The molecular weight excluding hydrogens is 847 g/mol. The molecule has 0 aromatic carbocycles. The number of carbonyl (C=O) groups is 6. The summed E-state index contributed by atoms with van der Waals surface area (Å²) >= 11 is 0. The summed E-state index contributed by atoms with van der Waals surface area (Å²) in [5, 5.41) is 23.6. The highest BCUT2D eigenvalue weighted by atomic mass is 16.6. The van der Waals surface area contributed by atoms with Crippen molar-refractivity contribution in [2.75, 3.05) is 59.2 Å². The fourth-order valence-corrected chi connectivity index (χ4v) is 7.02. The molecule has 0 fully saturated rings. The fourth-order valence-electron chi connectivity index (χ4n) is 7.02. The first-order valence-electron chi connectivity index (χ1n) is 24.1. The van der Waals surface area contributed by atoms with Crippen molar-refractivity contribution >= 4 is 59.4 Å². The van der Waals surface area contributed by atoms with Crippen molar-refractivity contribution in [3.05, 3.63) is 0 Å². The maximum Gasteiger partial charge on any atom is 0.242 e. The first-order chi connectivity index (χ1) is 30.9. The van der Waals surface area contributed by atoms with E-state index < -0.39 is 46.4 Å². The van der Waals surface area contributed by atoms with E-state index in [-0.39, 0.29) is 68.8 Å². The van der Waals surface area contributed by atoms with E-state index in [0.29, 0.717) is 45.2 Å². The average Bonchev–Trinajstić information content (AvgIpc) is 3.20. The normalized spacial score (nSPS) is 13.6. The van der Waals surface area contributed by atoms with Crippen molar-refractivity contribution in [2.24, 2.45) is 5.73 Å². The lowest BCUT2D eigenvalue weighted by Gasteiger charge is -2.29. The summed E-state index contributed by atoms with van der Waals surface area (Å²) in [4.78, 5) is 75.8. The summed E-state index contributed by atoms with van der Waals surface area (Å²) in [6.07, 6.45) is 7.53. The molecule has 66 heavy (non-hydrogen) atoms. The highest BCUT2D eigenvalue weighted by Gasteiger charge is 2.29. The van der Waals surface area contributed by atoms with Crippen LogP contribution in [-0.2, 0) is 47.7 Å². The van der Waals surface area contributed by atoms with Crippen LogP contribution in [-0.4, -0.2) is 159 Å². The van der Waals surface area contributed by atoms with Crippen LogP contribution in [0.2, 0.25) is 0 Å². The molecule has 380 valence electrons. The van der Waals surface area contributed by atoms with Gasteiger partial charge in [0.25, 0.3) is 0 Å². The largest absolute Gasteiger partial charge is 0.373 e. The van der Waals surface area contributed by atoms with Crippen LogP contribution in [0.15, 0.2) is 0 Å². The summed E-state index contributed by atoms with van der Waals surface area (Å²) in [5.41, 5.74) is 2.70. The van der Waals surface area contributed by atoms with Crippen molar-refractivity contribution < 1.29 is 47.7 Å². The molecule has 0 unspecified atom stereocenters. The summed E-state index contributed by atoms with van der Waals surface area (Å²) in [5.74, 6) is -1.92. The molecule has 0 radical (unpaired) electrons. The Kier molecular flexibility index (Phi) is 32.4. The van der Waals surface area contributed by atoms with Gasteiger partial charge in [-0.15, -0.1) is 0 Å². The van der Waals surface area contributed by atoms with Gasteiger partial charge in [-0.1, -0.05) is 0 Å². The summed E-state index contributed by atoms with van der Waals surface area (Å²) in [7, 11) is 5.61. The third-order valence-corrected chi connectivity index (χ3v) is 10.9. The maximum absolute atomic E-state index is 13.4. The predicted molar refractivity (Wildman–Crippen MR) is 266 cm³/mol. The molecule has 19 nitrogen and oxygen atoms in total. The fraction of sp³-hybridized carbons (Fsp3) is 0.864. The van der Waals surface area contributed by atoms with E-state index in [1.807, 2.05) is 65.5 Å². The van der Waals surface area contributed by atoms with Crippen LogP contribution in [0.5, 0.6) is 0 Å². The van der Waals surface area contributed by atoms with Crippen molar-refractivity contribution in [3.63, 3.8) is 0 Å². The Hall–Kier alpha value is -3.27. The number of hydrogen-bond donors (Lipinski definition) is 9. The molecule has 3 atom stereocenters. The second-order valence-corrected chi connectivity index (χ2v) is 19.6. The number of rotatable bonds is 41. The predicted octanol–water partition coefficient (Wildman–Crippen LogP) is -1.16. The number of primary amides is 1. The first-order valence-corrected chi connectivity index (χ1v) is 24.1. The highest BCUT2D eigenvalue weighted by molar-refractivity contribution is 6.04. The molecule has 0 heterocycles. The van der Waals surface area contributed by atoms with E-state index in [1.54, 1.807) is 13.8 Å². The SMILES string of the molecule is BNCCCC[C@@H](NC(=O)CC(C)(C)OCCOC(C)(C)CCNC(=O)[C@@H](CCCCNB)NC(=O)CC(C)(C)OCCOC(C)(C)CCNC(=O)[C@@H](CCCCNB)NC(C)=O)C(N)=O. The van der Waals surface area contributed by atoms with Gasteiger partial charge in [-0.05, 0) is 146 Å². The molecule has 0 spiro atoms. The van der Waals surface area contributed by atoms with Gasteiger partial charge < -0.3 is 66.9 Å². The standard InChI is InChI=1S/C44H90B3N9O10/c1-32(57)54-34(17-11-14-22-52-46)39(61)49-24-19-41(2,3)63-27-29-66-44(8,9)31-37(59)56-35(18-12-15-23-53-47)40(62)50-25-20-42(4,5)64-26-28-65-43(6,7)30-36(58)55-33(38(48)60)16-10-13-21-51-45/h33-35,51-53H,10-31,45-47H2,1-9H3,(H2,48,60)(H,49,61)(H,50,62)(H,54,57)(H,55,58)(H,56,59)/t33-,34-,35-/m1/s1. The lowest BCUT2D eigenvalue weighted by molar-refractivity contribution is -0.135. The van der Waals surface area contributed by atoms with Crippen LogP contribution in [0, 0.1) is 0 Å². The minimum Gasteiger partial charge on any atom is -0.373 e. The Morgan fingerprint density at radius 3 is 1.12 bits per heavy atom. The van der Waals surface area contributed by atoms with Crippen LogP contribution >= 0.6 is 0 Å². The Bertz CT molecular complexity index is 1430. The number of amides is 6. The molecular formula is C44H90B3N9O10. The molecule has 0 saturated heterocycles. The van der Waals surface area contributed by atoms with Gasteiger partial charge >= 0.3 is 0 Å². The number of nitrogens with two attached hydrogens (primary N) is 1. The summed E-state index contributed by atoms with van der Waals surface area (Å²) < 4.78 is 24.2. The number of hydrogen-bond acceptors (Lipinski definition) is 13. The molecule has 22 heteroatoms. The molecule has 0 saturated carbocycles. The van der Waals surface area contributed by atoms with Crippen LogP contribution in [0.4, 0.5) is 0 Å². The topological polar surface area (TPSA) is 262 Å². The van der Waals surface area contributed by atoms with E-state index in [4.69, 9.17) is 24.7 Å². The molecule has 0 bridgehead atoms. The van der Waals surface area contributed by atoms with Crippen LogP contribution in [0.3, 0.4) is 0 Å². The average molecular weight is 938 g/mol. The van der Waals surface area contributed by atoms with Gasteiger partial charge in [0.2, 0.25) is 35.4 Å². The summed E-state index contributed by atoms with van der Waals surface area (Å²) in [6, 6.07) is -2.04. The lowest BCUT2D eigenvalue weighted by Crippen LogP contribution is -2.49. The Morgan fingerprint density at radius 1 is 0.470 bits per heavy atom. The minimum atomic E-state index is -0.836. The molecule has 0 aliphatic rings. The zero-order valence-corrected chi connectivity index (χ0v) is 42.9. The van der Waals surface area contributed by atoms with Gasteiger partial charge in [0.1, 0.15) is 18.1 Å². The second-order valence-electron chi connectivity index (χ2n) is 19.6. The quantitative estimate of drug-likeness (QED) is 0.0260. The monoisotopic (exact) mass is 938 g/mol. The first kappa shape index (κ1) is 62.7. The molecule has 0 aromatic rings. The van der Waals surface area contributed by atoms with Crippen molar-refractivity contribution in [1.29, 1.82) is 0 Å². The van der Waals surface area contributed by atoms with Gasteiger partial charge in [0, 0.05) is 20.0 Å². The van der Waals surface area contributed by atoms with Gasteiger partial charge in [0.05, 0.1) is 61.7 Å². The molecule has 0 aliphatic carbocycles. The molecule has 0 rings (SSSR count). The van der Waals surface area contributed by atoms with Gasteiger partial charge in [0.15, 0.2) is 23.9 Å². The third kappa shape index (κ3) is 33.2. The van der Waals surface area contributed by atoms with E-state index in [9.17, 15) is 28.8 Å². The van der Waals surface area contributed by atoms with Crippen molar-refractivity contribution in [2.45, 2.75) is 186 Å². The number of unbranched alkanes of at least 4 members (excludes halogenated alkanes) is 3. The Morgan fingerprint density at radius 2 is 0.788 bits per heavy atom. The van der Waals surface area contributed by atoms with E-state index in [0.717, 1.165) is 58.2 Å². The number of carbonyl (C=O) groups excluding carboxylic acids is 6. The van der Waals surface area contributed by atoms with Gasteiger partial charge in [-0.2, -0.15) is 0 Å². The van der Waals surface area contributed by atoms with Crippen LogP contribution in [0.1, 0.15) is 146 Å². The van der Waals surface area contributed by atoms with Crippen molar-refractivity contribution in [3.8, 4) is 0 Å². The van der Waals surface area contributed by atoms with E-state index in [2.05, 4.69) is 42.3 Å². The zero-order valence-electron chi connectivity index (χ0n) is 42.9. The molecule has 0 aliphatic heterocycles. The van der Waals surface area contributed by atoms with Gasteiger partial charge in [-0.25, -0.2) is 0 Å². The third-order valence-electron chi connectivity index (χ3n) is 10.9. The lowest BCUT2D eigenvalue weighted by atomic mass is 10.0. The van der Waals surface area contributed by atoms with Crippen LogP contribution in [0.25, 0.3) is 0 Å². The van der Waals surface area contributed by atoms with Crippen LogP contribution < -0.4 is 48.0 Å². The van der Waals surface area contributed by atoms with E-state index >= 15 is 0 Å². The molecule has 6 amide bonds. The smallest absolute Gasteiger partial charge is 0.242 e. The van der Waals surface area contributed by atoms with Gasteiger partial charge in [-0.3, -0.25) is 28.8 Å². The Labute approximate surface area is 399 Å². The summed E-state index contributed by atoms with van der Waals surface area (Å²) in [6.45, 7) is 20.5. The maximum atomic E-state index is 13.4. The second kappa shape index (κ2) is 34.1. The number of ether oxygens (including phenoxy) is 4.